The summed E-state index contributed by atoms with van der Waals surface area (Å²) in [6, 6.07) is 31.7. The summed E-state index contributed by atoms with van der Waals surface area (Å²) in [5.41, 5.74) is 4.59. The van der Waals surface area contributed by atoms with Gasteiger partial charge in [0.25, 0.3) is 0 Å². The first-order chi connectivity index (χ1) is 14.8. The molecule has 4 aromatic carbocycles. The molecule has 6 rings (SSSR count). The van der Waals surface area contributed by atoms with Gasteiger partial charge in [-0.15, -0.1) is 0 Å². The quantitative estimate of drug-likeness (QED) is 0.331. The van der Waals surface area contributed by atoms with Crippen molar-refractivity contribution in [2.24, 2.45) is 5.10 Å². The van der Waals surface area contributed by atoms with Gasteiger partial charge >= 0.3 is 0 Å². The molecule has 0 N–H and O–H groups in total. The molecule has 2 aliphatic heterocycles. The van der Waals surface area contributed by atoms with Gasteiger partial charge < -0.3 is 4.74 Å². The highest BCUT2D eigenvalue weighted by molar-refractivity contribution is 9.10. The Morgan fingerprint density at radius 1 is 0.833 bits per heavy atom. The third-order valence-corrected chi connectivity index (χ3v) is 6.44. The van der Waals surface area contributed by atoms with E-state index in [4.69, 9.17) is 9.84 Å². The van der Waals surface area contributed by atoms with Crippen LogP contribution in [-0.2, 0) is 0 Å². The van der Waals surface area contributed by atoms with Gasteiger partial charge in [-0.2, -0.15) is 5.10 Å². The number of nitrogens with zero attached hydrogens (tertiary/aromatic N) is 2. The van der Waals surface area contributed by atoms with Crippen LogP contribution in [0.25, 0.3) is 10.8 Å². The van der Waals surface area contributed by atoms with Crippen LogP contribution in [0.4, 0.5) is 0 Å². The van der Waals surface area contributed by atoms with E-state index in [1.165, 1.54) is 21.9 Å². The van der Waals surface area contributed by atoms with E-state index in [-0.39, 0.29) is 12.3 Å². The van der Waals surface area contributed by atoms with Gasteiger partial charge in [0.05, 0.1) is 11.8 Å². The van der Waals surface area contributed by atoms with Gasteiger partial charge in [-0.3, -0.25) is 0 Å². The topological polar surface area (TPSA) is 24.8 Å². The molecule has 0 bridgehead atoms. The fourth-order valence-electron chi connectivity index (χ4n) is 4.53. The number of halogens is 1. The van der Waals surface area contributed by atoms with Gasteiger partial charge in [0, 0.05) is 22.0 Å². The molecule has 146 valence electrons. The Hall–Kier alpha value is -3.11. The second kappa shape index (κ2) is 6.99. The lowest BCUT2D eigenvalue weighted by atomic mass is 9.95. The van der Waals surface area contributed by atoms with E-state index in [1.807, 2.05) is 12.1 Å². The first kappa shape index (κ1) is 17.7. The SMILES string of the molecule is Brc1ccc2c(c1)[C@H]1CC(c3ccccc3)=NN1[C@@H](c1cccc3ccccc13)O2. The largest absolute Gasteiger partial charge is 0.464 e. The second-order valence-electron chi connectivity index (χ2n) is 7.73. The van der Waals surface area contributed by atoms with Crippen molar-refractivity contribution in [1.82, 2.24) is 5.01 Å². The average Bonchev–Trinajstić information content (AvgIpc) is 3.25. The maximum atomic E-state index is 6.58. The number of hydrogen-bond acceptors (Lipinski definition) is 3. The first-order valence-corrected chi connectivity index (χ1v) is 10.9. The van der Waals surface area contributed by atoms with Crippen LogP contribution in [-0.4, -0.2) is 10.7 Å². The van der Waals surface area contributed by atoms with Crippen molar-refractivity contribution in [3.8, 4) is 5.75 Å². The molecular weight excluding hydrogens is 436 g/mol. The zero-order valence-corrected chi connectivity index (χ0v) is 17.8. The van der Waals surface area contributed by atoms with Gasteiger partial charge in [0.15, 0.2) is 0 Å². The molecule has 0 fully saturated rings. The third kappa shape index (κ3) is 2.83. The van der Waals surface area contributed by atoms with Gasteiger partial charge in [0.1, 0.15) is 5.75 Å². The molecule has 2 atom stereocenters. The van der Waals surface area contributed by atoms with Gasteiger partial charge in [-0.1, -0.05) is 88.7 Å². The summed E-state index contributed by atoms with van der Waals surface area (Å²) in [4.78, 5) is 0. The van der Waals surface area contributed by atoms with E-state index in [1.54, 1.807) is 0 Å². The molecule has 2 heterocycles. The highest BCUT2D eigenvalue weighted by atomic mass is 79.9. The molecule has 0 amide bonds. The molecule has 0 saturated carbocycles. The number of fused-ring (bicyclic) bond motifs is 4. The standard InChI is InChI=1S/C26H19BrN2O/c27-19-13-14-25-22(15-19)24-16-23(18-8-2-1-3-9-18)28-29(24)26(30-25)21-12-6-10-17-7-4-5-11-20(17)21/h1-15,24,26H,16H2/t24-,26-/m1/s1. The van der Waals surface area contributed by atoms with Gasteiger partial charge in [-0.25, -0.2) is 5.01 Å². The van der Waals surface area contributed by atoms with E-state index < -0.39 is 0 Å². The third-order valence-electron chi connectivity index (χ3n) is 5.95. The van der Waals surface area contributed by atoms with Crippen LogP contribution < -0.4 is 4.74 Å². The molecular formula is C26H19BrN2O. The van der Waals surface area contributed by atoms with Crippen LogP contribution in [0.1, 0.15) is 35.4 Å². The number of hydrogen-bond donors (Lipinski definition) is 0. The summed E-state index contributed by atoms with van der Waals surface area (Å²) in [5, 5.41) is 9.65. The Kier molecular flexibility index (Phi) is 4.13. The molecule has 0 aliphatic carbocycles. The van der Waals surface area contributed by atoms with E-state index in [2.05, 4.69) is 99.8 Å². The molecule has 0 aromatic heterocycles. The molecule has 3 nitrogen and oxygen atoms in total. The Morgan fingerprint density at radius 3 is 2.53 bits per heavy atom. The van der Waals surface area contributed by atoms with Crippen molar-refractivity contribution in [3.63, 3.8) is 0 Å². The Balaban J connectivity index is 1.53. The summed E-state index contributed by atoms with van der Waals surface area (Å²) >= 11 is 3.63. The molecule has 30 heavy (non-hydrogen) atoms. The second-order valence-corrected chi connectivity index (χ2v) is 8.65. The first-order valence-electron chi connectivity index (χ1n) is 10.1. The summed E-state index contributed by atoms with van der Waals surface area (Å²) in [6.07, 6.45) is 0.592. The van der Waals surface area contributed by atoms with Crippen molar-refractivity contribution >= 4 is 32.4 Å². The summed E-state index contributed by atoms with van der Waals surface area (Å²) in [7, 11) is 0. The van der Waals surface area contributed by atoms with Crippen molar-refractivity contribution in [2.75, 3.05) is 0 Å². The molecule has 0 radical (unpaired) electrons. The monoisotopic (exact) mass is 454 g/mol. The van der Waals surface area contributed by atoms with Crippen LogP contribution >= 0.6 is 15.9 Å². The highest BCUT2D eigenvalue weighted by Crippen LogP contribution is 2.49. The number of ether oxygens (including phenoxy) is 1. The lowest BCUT2D eigenvalue weighted by molar-refractivity contribution is -0.0181. The lowest BCUT2D eigenvalue weighted by Crippen LogP contribution is -2.33. The normalized spacial score (nSPS) is 19.8. The predicted octanol–water partition coefficient (Wildman–Crippen LogP) is 6.84. The fourth-order valence-corrected chi connectivity index (χ4v) is 4.91. The molecule has 0 spiro atoms. The summed E-state index contributed by atoms with van der Waals surface area (Å²) in [6.45, 7) is 0. The van der Waals surface area contributed by atoms with Gasteiger partial charge in [-0.05, 0) is 34.5 Å². The maximum absolute atomic E-state index is 6.58. The van der Waals surface area contributed by atoms with Crippen molar-refractivity contribution in [1.29, 1.82) is 0 Å². The Bertz CT molecular complexity index is 1280. The minimum absolute atomic E-state index is 0.144. The Morgan fingerprint density at radius 2 is 1.63 bits per heavy atom. The fraction of sp³-hybridized carbons (Fsp3) is 0.115. The van der Waals surface area contributed by atoms with Crippen LogP contribution in [0, 0.1) is 0 Å². The van der Waals surface area contributed by atoms with Gasteiger partial charge in [0.2, 0.25) is 6.23 Å². The lowest BCUT2D eigenvalue weighted by Gasteiger charge is -2.38. The van der Waals surface area contributed by atoms with Crippen molar-refractivity contribution in [2.45, 2.75) is 18.7 Å². The molecule has 4 heteroatoms. The highest BCUT2D eigenvalue weighted by Gasteiger charge is 2.41. The van der Waals surface area contributed by atoms with Crippen LogP contribution in [0.15, 0.2) is 101 Å². The number of hydrazone groups is 1. The molecule has 0 saturated heterocycles. The molecule has 0 unspecified atom stereocenters. The number of benzene rings is 4. The Labute approximate surface area is 183 Å². The van der Waals surface area contributed by atoms with Crippen LogP contribution in [0.2, 0.25) is 0 Å². The average molecular weight is 455 g/mol. The van der Waals surface area contributed by atoms with E-state index in [0.717, 1.165) is 27.9 Å². The zero-order valence-electron chi connectivity index (χ0n) is 16.2. The van der Waals surface area contributed by atoms with Crippen molar-refractivity contribution in [3.05, 3.63) is 112 Å². The van der Waals surface area contributed by atoms with E-state index in [0.29, 0.717) is 0 Å². The molecule has 4 aromatic rings. The summed E-state index contributed by atoms with van der Waals surface area (Å²) in [5.74, 6) is 0.932. The zero-order chi connectivity index (χ0) is 20.1. The van der Waals surface area contributed by atoms with E-state index >= 15 is 0 Å². The van der Waals surface area contributed by atoms with Crippen LogP contribution in [0.5, 0.6) is 5.75 Å². The molecule has 2 aliphatic rings. The van der Waals surface area contributed by atoms with E-state index in [9.17, 15) is 0 Å². The van der Waals surface area contributed by atoms with Crippen molar-refractivity contribution < 1.29 is 4.74 Å². The minimum atomic E-state index is -0.268. The maximum Gasteiger partial charge on any atom is 0.214 e. The predicted molar refractivity (Wildman–Crippen MR) is 124 cm³/mol. The van der Waals surface area contributed by atoms with Crippen LogP contribution in [0.3, 0.4) is 0 Å². The summed E-state index contributed by atoms with van der Waals surface area (Å²) < 4.78 is 7.63. The number of rotatable bonds is 2. The smallest absolute Gasteiger partial charge is 0.214 e. The minimum Gasteiger partial charge on any atom is -0.464 e.